The Morgan fingerprint density at radius 1 is 1.15 bits per heavy atom. The first-order valence-corrected chi connectivity index (χ1v) is 10.3. The van der Waals surface area contributed by atoms with E-state index >= 15 is 0 Å². The van der Waals surface area contributed by atoms with Gasteiger partial charge in [0, 0.05) is 10.0 Å². The van der Waals surface area contributed by atoms with E-state index in [1.807, 2.05) is 0 Å². The Labute approximate surface area is 165 Å². The highest BCUT2D eigenvalue weighted by molar-refractivity contribution is 7.92. The third kappa shape index (κ3) is 4.01. The molecule has 0 aliphatic carbocycles. The Kier molecular flexibility index (Phi) is 5.25. The van der Waals surface area contributed by atoms with Gasteiger partial charge >= 0.3 is 0 Å². The van der Waals surface area contributed by atoms with E-state index in [0.717, 1.165) is 10.6 Å². The van der Waals surface area contributed by atoms with Gasteiger partial charge in [0.15, 0.2) is 6.10 Å². The largest absolute Gasteiger partial charge is 0.476 e. The number of hydrogen-bond acceptors (Lipinski definition) is 4. The minimum absolute atomic E-state index is 0.191. The molecule has 1 aliphatic heterocycles. The van der Waals surface area contributed by atoms with Crippen LogP contribution in [0.25, 0.3) is 0 Å². The van der Waals surface area contributed by atoms with Gasteiger partial charge in [0.25, 0.3) is 5.91 Å². The summed E-state index contributed by atoms with van der Waals surface area (Å²) in [6.07, 6.45) is -0.0150. The fourth-order valence-electron chi connectivity index (χ4n) is 2.48. The van der Waals surface area contributed by atoms with E-state index in [4.69, 9.17) is 39.5 Å². The van der Waals surface area contributed by atoms with Crippen molar-refractivity contribution in [3.8, 4) is 5.75 Å². The third-order valence-corrected chi connectivity index (χ3v) is 5.60. The molecule has 0 bridgehead atoms. The number of nitrogens with zero attached hydrogens (tertiary/aromatic N) is 1. The van der Waals surface area contributed by atoms with Crippen LogP contribution in [0.2, 0.25) is 15.1 Å². The predicted molar refractivity (Wildman–Crippen MR) is 103 cm³/mol. The molecule has 3 rings (SSSR count). The summed E-state index contributed by atoms with van der Waals surface area (Å²) in [6, 6.07) is 9.16. The molecule has 0 saturated heterocycles. The summed E-state index contributed by atoms with van der Waals surface area (Å²) in [5.74, 6) is -0.295. The Morgan fingerprint density at radius 3 is 2.46 bits per heavy atom. The average molecular weight is 436 g/mol. The van der Waals surface area contributed by atoms with Gasteiger partial charge in [-0.2, -0.15) is 0 Å². The van der Waals surface area contributed by atoms with Gasteiger partial charge in [0.2, 0.25) is 10.0 Å². The highest BCUT2D eigenvalue weighted by Crippen LogP contribution is 2.37. The number of amides is 1. The van der Waals surface area contributed by atoms with Crippen molar-refractivity contribution >= 4 is 62.1 Å². The lowest BCUT2D eigenvalue weighted by molar-refractivity contribution is -0.122. The van der Waals surface area contributed by atoms with Gasteiger partial charge < -0.3 is 10.1 Å². The van der Waals surface area contributed by atoms with E-state index < -0.39 is 22.0 Å². The van der Waals surface area contributed by atoms with Crippen molar-refractivity contribution in [3.63, 3.8) is 0 Å². The number of halogens is 3. The second-order valence-corrected chi connectivity index (χ2v) is 8.81. The first-order chi connectivity index (χ1) is 12.1. The number of benzene rings is 2. The Balaban J connectivity index is 1.89. The van der Waals surface area contributed by atoms with Crippen molar-refractivity contribution < 1.29 is 17.9 Å². The van der Waals surface area contributed by atoms with Crippen LogP contribution < -0.4 is 14.4 Å². The summed E-state index contributed by atoms with van der Waals surface area (Å²) >= 11 is 17.8. The second-order valence-electron chi connectivity index (χ2n) is 5.63. The normalized spacial score (nSPS) is 16.6. The van der Waals surface area contributed by atoms with Crippen molar-refractivity contribution in [2.75, 3.05) is 22.4 Å². The van der Waals surface area contributed by atoms with E-state index in [2.05, 4.69) is 5.32 Å². The van der Waals surface area contributed by atoms with Gasteiger partial charge in [-0.05, 0) is 36.4 Å². The molecule has 6 nitrogen and oxygen atoms in total. The van der Waals surface area contributed by atoms with E-state index in [1.165, 1.54) is 18.2 Å². The number of nitrogens with one attached hydrogen (secondary N) is 1. The van der Waals surface area contributed by atoms with Gasteiger partial charge in [-0.1, -0.05) is 34.8 Å². The summed E-state index contributed by atoms with van der Waals surface area (Å²) in [7, 11) is -3.64. The van der Waals surface area contributed by atoms with Crippen molar-refractivity contribution in [1.82, 2.24) is 0 Å². The van der Waals surface area contributed by atoms with Gasteiger partial charge in [-0.3, -0.25) is 9.10 Å². The molecule has 0 radical (unpaired) electrons. The molecule has 1 atom stereocenters. The van der Waals surface area contributed by atoms with Crippen LogP contribution in [0.15, 0.2) is 36.4 Å². The predicted octanol–water partition coefficient (Wildman–Crippen LogP) is 3.81. The Hall–Kier alpha value is -1.67. The maximum atomic E-state index is 12.6. The molecule has 0 saturated carbocycles. The van der Waals surface area contributed by atoms with Crippen LogP contribution in [0, 0.1) is 0 Å². The molecular weight excluding hydrogens is 423 g/mol. The summed E-state index contributed by atoms with van der Waals surface area (Å²) in [5.41, 5.74) is 0.631. The minimum Gasteiger partial charge on any atom is -0.476 e. The molecule has 1 N–H and O–H groups in total. The number of carbonyl (C=O) groups excluding carboxylic acids is 1. The number of fused-ring (bicyclic) bond motifs is 1. The zero-order valence-corrected chi connectivity index (χ0v) is 16.5. The monoisotopic (exact) mass is 434 g/mol. The van der Waals surface area contributed by atoms with Crippen molar-refractivity contribution in [2.45, 2.75) is 6.10 Å². The lowest BCUT2D eigenvalue weighted by atomic mass is 10.2. The molecule has 0 spiro atoms. The van der Waals surface area contributed by atoms with Gasteiger partial charge in [0.05, 0.1) is 29.2 Å². The maximum Gasteiger partial charge on any atom is 0.267 e. The summed E-state index contributed by atoms with van der Waals surface area (Å²) in [4.78, 5) is 12.6. The quantitative estimate of drug-likeness (QED) is 0.795. The number of hydrogen-bond donors (Lipinski definition) is 1. The standard InChI is InChI=1S/C16H13Cl3N2O4S/c1-26(23,24)21-8-15(25-14-5-3-10(18)7-13(14)21)16(22)20-12-4-2-9(17)6-11(12)19/h2-7,15H,8H2,1H3,(H,20,22)/t15-/m0/s1. The van der Waals surface area contributed by atoms with Crippen molar-refractivity contribution in [3.05, 3.63) is 51.5 Å². The number of carbonyl (C=O) groups is 1. The third-order valence-electron chi connectivity index (χ3n) is 3.67. The van der Waals surface area contributed by atoms with Crippen molar-refractivity contribution in [2.24, 2.45) is 0 Å². The summed E-state index contributed by atoms with van der Waals surface area (Å²) in [6.45, 7) is -0.191. The van der Waals surface area contributed by atoms with Crippen LogP contribution in [0.1, 0.15) is 0 Å². The van der Waals surface area contributed by atoms with Crippen molar-refractivity contribution in [1.29, 1.82) is 0 Å². The lowest BCUT2D eigenvalue weighted by Gasteiger charge is -2.34. The van der Waals surface area contributed by atoms with E-state index in [9.17, 15) is 13.2 Å². The number of rotatable bonds is 3. The molecule has 1 heterocycles. The minimum atomic E-state index is -3.64. The molecule has 1 amide bonds. The van der Waals surface area contributed by atoms with Crippen LogP contribution in [0.5, 0.6) is 5.75 Å². The Morgan fingerprint density at radius 2 is 1.81 bits per heavy atom. The van der Waals surface area contributed by atoms with E-state index in [1.54, 1.807) is 18.2 Å². The fraction of sp³-hybridized carbons (Fsp3) is 0.188. The lowest BCUT2D eigenvalue weighted by Crippen LogP contribution is -2.48. The smallest absolute Gasteiger partial charge is 0.267 e. The average Bonchev–Trinajstić information content (AvgIpc) is 2.55. The zero-order chi connectivity index (χ0) is 19.1. The molecule has 26 heavy (non-hydrogen) atoms. The molecule has 0 fully saturated rings. The van der Waals surface area contributed by atoms with Gasteiger partial charge in [-0.15, -0.1) is 0 Å². The zero-order valence-electron chi connectivity index (χ0n) is 13.4. The van der Waals surface area contributed by atoms with Gasteiger partial charge in [-0.25, -0.2) is 8.42 Å². The van der Waals surface area contributed by atoms with E-state index in [-0.39, 0.29) is 23.0 Å². The molecule has 138 valence electrons. The van der Waals surface area contributed by atoms with E-state index in [0.29, 0.717) is 15.7 Å². The first kappa shape index (κ1) is 19.1. The van der Waals surface area contributed by atoms with Crippen LogP contribution in [0.3, 0.4) is 0 Å². The highest BCUT2D eigenvalue weighted by atomic mass is 35.5. The SMILES string of the molecule is CS(=O)(=O)N1C[C@@H](C(=O)Nc2ccc(Cl)cc2Cl)Oc2ccc(Cl)cc21. The first-order valence-electron chi connectivity index (χ1n) is 7.35. The molecule has 0 aromatic heterocycles. The highest BCUT2D eigenvalue weighted by Gasteiger charge is 2.35. The summed E-state index contributed by atoms with van der Waals surface area (Å²) < 4.78 is 31.0. The van der Waals surface area contributed by atoms with Crippen LogP contribution >= 0.6 is 34.8 Å². The fourth-order valence-corrected chi connectivity index (χ4v) is 4.01. The topological polar surface area (TPSA) is 75.7 Å². The molecular formula is C16H13Cl3N2O4S. The molecule has 10 heteroatoms. The molecule has 1 aliphatic rings. The van der Waals surface area contributed by atoms with Gasteiger partial charge in [0.1, 0.15) is 5.75 Å². The van der Waals surface area contributed by atoms with Crippen LogP contribution in [-0.4, -0.2) is 33.2 Å². The van der Waals surface area contributed by atoms with Crippen LogP contribution in [0.4, 0.5) is 11.4 Å². The number of sulfonamides is 1. The number of ether oxygens (including phenoxy) is 1. The second kappa shape index (κ2) is 7.15. The Bertz CT molecular complexity index is 981. The molecule has 2 aromatic rings. The maximum absolute atomic E-state index is 12.6. The molecule has 0 unspecified atom stereocenters. The molecule has 2 aromatic carbocycles. The number of anilines is 2. The summed E-state index contributed by atoms with van der Waals surface area (Å²) in [5, 5.41) is 3.66. The van der Waals surface area contributed by atoms with Crippen LogP contribution in [-0.2, 0) is 14.8 Å².